The number of rotatable bonds is 9. The maximum absolute atomic E-state index is 14.7. The van der Waals surface area contributed by atoms with Crippen LogP contribution in [0.2, 0.25) is 0 Å². The average molecular weight is 805 g/mol. The molecular weight excluding hydrogens is 741 g/mol. The van der Waals surface area contributed by atoms with Crippen LogP contribution in [0.3, 0.4) is 0 Å². The van der Waals surface area contributed by atoms with Crippen LogP contribution in [0.25, 0.3) is 17.0 Å². The molecule has 2 aromatic rings. The van der Waals surface area contributed by atoms with Gasteiger partial charge in [0.15, 0.2) is 17.7 Å². The number of amides is 1. The van der Waals surface area contributed by atoms with Crippen molar-refractivity contribution >= 4 is 40.5 Å². The third-order valence-corrected chi connectivity index (χ3v) is 13.0. The Kier molecular flexibility index (Phi) is 13.5. The molecule has 1 amide bonds. The van der Waals surface area contributed by atoms with Crippen LogP contribution in [-0.4, -0.2) is 131 Å². The van der Waals surface area contributed by atoms with Crippen LogP contribution in [0.4, 0.5) is 4.79 Å². The molecule has 0 saturated carbocycles. The Labute approximate surface area is 343 Å². The van der Waals surface area contributed by atoms with Gasteiger partial charge in [-0.05, 0) is 84.7 Å². The summed E-state index contributed by atoms with van der Waals surface area (Å²) >= 11 is 0. The highest BCUT2D eigenvalue weighted by Crippen LogP contribution is 2.44. The molecule has 318 valence electrons. The minimum atomic E-state index is -1.20. The van der Waals surface area contributed by atoms with Gasteiger partial charge in [0.25, 0.3) is 0 Å². The van der Waals surface area contributed by atoms with Crippen LogP contribution in [-0.2, 0) is 33.3 Å². The Bertz CT molecular complexity index is 1860. The van der Waals surface area contributed by atoms with E-state index in [4.69, 9.17) is 28.7 Å². The second-order valence-corrected chi connectivity index (χ2v) is 17.6. The normalized spacial score (nSPS) is 37.7. The van der Waals surface area contributed by atoms with E-state index < -0.39 is 71.5 Å². The number of cyclic esters (lactones) is 1. The van der Waals surface area contributed by atoms with Gasteiger partial charge in [-0.1, -0.05) is 64.5 Å². The van der Waals surface area contributed by atoms with Gasteiger partial charge in [-0.2, -0.15) is 0 Å². The lowest BCUT2D eigenvalue weighted by Crippen LogP contribution is -2.60. The Morgan fingerprint density at radius 2 is 1.79 bits per heavy atom. The van der Waals surface area contributed by atoms with Crippen molar-refractivity contribution < 1.29 is 43.2 Å². The number of para-hydroxylation sites is 1. The van der Waals surface area contributed by atoms with Crippen molar-refractivity contribution in [3.05, 3.63) is 48.2 Å². The predicted octanol–water partition coefficient (Wildman–Crippen LogP) is 6.10. The molecule has 0 spiro atoms. The molecule has 0 aliphatic carbocycles. The lowest BCUT2D eigenvalue weighted by Gasteiger charge is -2.47. The molecule has 58 heavy (non-hydrogen) atoms. The van der Waals surface area contributed by atoms with E-state index in [0.29, 0.717) is 38.8 Å². The topological polar surface area (TPSA) is 149 Å². The standard InChI is InChI=1S/C45H64N4O9/c1-11-15-35-45(8)39-28(4)36(47-21-22-49(39)43(53)58-45)26(2)25-44(7,54-23-14-16-31-19-20-46-33-18-13-12-17-32(31)33)40(29(5)37(50)30(6)41(52)56-35)57-42-38(51)34(48(9)10)24-27(3)55-42/h12-14,16-20,26-30,34-35,38-40,42,51H,11,15,21-25H2,1-10H3/b16-14+/t26-,27+,28-,29+,30-,34-,35+,38?,39?,40-,42-,44+,45-/m1/s1. The van der Waals surface area contributed by atoms with E-state index in [9.17, 15) is 19.5 Å². The van der Waals surface area contributed by atoms with Crippen molar-refractivity contribution in [2.45, 2.75) is 135 Å². The van der Waals surface area contributed by atoms with E-state index >= 15 is 0 Å². The van der Waals surface area contributed by atoms with Gasteiger partial charge in [0.2, 0.25) is 0 Å². The summed E-state index contributed by atoms with van der Waals surface area (Å²) in [5, 5.41) is 12.7. The van der Waals surface area contributed by atoms with Crippen molar-refractivity contribution in [2.24, 2.45) is 28.7 Å². The van der Waals surface area contributed by atoms with Crippen LogP contribution in [0.1, 0.15) is 86.6 Å². The SMILES string of the molecule is CCC[C@@H]1OC(=O)[C@H](C)C(=O)[C@H](C)[C@@H](O[C@H]2O[C@@H](C)C[C@@H](N(C)C)C2O)[C@@](C)(OC/C=C/c2ccnc3ccccc23)C[C@@H](C)C2=NCCN3C(=O)O[C@@]1(C)C3[C@@H]2C. The number of nitrogens with zero attached hydrogens (tertiary/aromatic N) is 4. The van der Waals surface area contributed by atoms with Gasteiger partial charge in [-0.25, -0.2) is 4.79 Å². The third kappa shape index (κ3) is 8.61. The third-order valence-electron chi connectivity index (χ3n) is 13.0. The minimum absolute atomic E-state index is 0.153. The van der Waals surface area contributed by atoms with E-state index in [0.717, 1.165) is 22.2 Å². The number of hydrogen-bond acceptors (Lipinski definition) is 12. The molecule has 5 heterocycles. The Morgan fingerprint density at radius 1 is 1.05 bits per heavy atom. The largest absolute Gasteiger partial charge is 0.457 e. The van der Waals surface area contributed by atoms with Crippen molar-refractivity contribution in [3.63, 3.8) is 0 Å². The number of carbonyl (C=O) groups is 3. The van der Waals surface area contributed by atoms with Crippen molar-refractivity contribution in [1.82, 2.24) is 14.8 Å². The van der Waals surface area contributed by atoms with E-state index in [-0.39, 0.29) is 30.6 Å². The van der Waals surface area contributed by atoms with Gasteiger partial charge in [0, 0.05) is 41.7 Å². The molecule has 1 N–H and O–H groups in total. The number of pyridine rings is 1. The number of Topliss-reactive ketones (excluding diaryl/α,β-unsaturated/α-hetero) is 1. The molecule has 3 saturated heterocycles. The summed E-state index contributed by atoms with van der Waals surface area (Å²) in [6.07, 6.45) is 3.15. The summed E-state index contributed by atoms with van der Waals surface area (Å²) in [5.74, 6) is -3.70. The smallest absolute Gasteiger partial charge is 0.410 e. The molecular formula is C45H64N4O9. The van der Waals surface area contributed by atoms with Crippen molar-refractivity contribution in [2.75, 3.05) is 33.8 Å². The first-order valence-corrected chi connectivity index (χ1v) is 21.1. The lowest BCUT2D eigenvalue weighted by molar-refractivity contribution is -0.296. The zero-order valence-electron chi connectivity index (χ0n) is 35.9. The van der Waals surface area contributed by atoms with Gasteiger partial charge >= 0.3 is 12.1 Å². The average Bonchev–Trinajstić information content (AvgIpc) is 3.31. The number of aliphatic hydroxyl groups is 1. The number of likely N-dealkylation sites (N-methyl/N-ethyl adjacent to an activating group) is 1. The second-order valence-electron chi connectivity index (χ2n) is 17.6. The first-order valence-electron chi connectivity index (χ1n) is 21.1. The Morgan fingerprint density at radius 3 is 2.52 bits per heavy atom. The molecule has 3 fully saturated rings. The predicted molar refractivity (Wildman–Crippen MR) is 221 cm³/mol. The highest BCUT2D eigenvalue weighted by atomic mass is 16.7. The number of ketones is 1. The molecule has 1 aromatic heterocycles. The van der Waals surface area contributed by atoms with Gasteiger partial charge in [0.05, 0.1) is 42.5 Å². The molecule has 2 unspecified atom stereocenters. The second kappa shape index (κ2) is 17.8. The molecule has 4 aliphatic rings. The first-order chi connectivity index (χ1) is 27.5. The van der Waals surface area contributed by atoms with E-state index in [1.54, 1.807) is 24.9 Å². The summed E-state index contributed by atoms with van der Waals surface area (Å²) in [6.45, 7) is 16.1. The first kappa shape index (κ1) is 43.8. The maximum atomic E-state index is 14.7. The number of fused-ring (bicyclic) bond motifs is 2. The van der Waals surface area contributed by atoms with Crippen molar-refractivity contribution in [1.29, 1.82) is 0 Å². The molecule has 1 aromatic carbocycles. The fourth-order valence-electron chi connectivity index (χ4n) is 10.0. The summed E-state index contributed by atoms with van der Waals surface area (Å²) in [5.41, 5.74) is 0.353. The molecule has 4 aliphatic heterocycles. The number of benzene rings is 1. The van der Waals surface area contributed by atoms with Gasteiger partial charge in [-0.15, -0.1) is 0 Å². The molecule has 6 rings (SSSR count). The number of aliphatic hydroxyl groups excluding tert-OH is 1. The number of carbonyl (C=O) groups excluding carboxylic acids is 3. The van der Waals surface area contributed by atoms with Gasteiger partial charge in [-0.3, -0.25) is 24.5 Å². The highest BCUT2D eigenvalue weighted by Gasteiger charge is 2.60. The highest BCUT2D eigenvalue weighted by molar-refractivity contribution is 6.00. The van der Waals surface area contributed by atoms with Gasteiger partial charge < -0.3 is 33.7 Å². The molecule has 13 heteroatoms. The van der Waals surface area contributed by atoms with E-state index in [1.807, 2.05) is 89.2 Å². The van der Waals surface area contributed by atoms with Crippen molar-refractivity contribution in [3.8, 4) is 0 Å². The van der Waals surface area contributed by atoms with E-state index in [2.05, 4.69) is 18.8 Å². The number of aromatic nitrogens is 1. The summed E-state index contributed by atoms with van der Waals surface area (Å²) in [7, 11) is 3.82. The molecule has 2 bridgehead atoms. The van der Waals surface area contributed by atoms with E-state index in [1.165, 1.54) is 0 Å². The Hall–Kier alpha value is -3.75. The summed E-state index contributed by atoms with van der Waals surface area (Å²) in [6, 6.07) is 9.14. The number of esters is 1. The molecule has 0 radical (unpaired) electrons. The zero-order valence-corrected chi connectivity index (χ0v) is 35.9. The van der Waals surface area contributed by atoms with Crippen LogP contribution in [0.15, 0.2) is 47.6 Å². The van der Waals surface area contributed by atoms with Crippen LogP contribution < -0.4 is 0 Å². The minimum Gasteiger partial charge on any atom is -0.457 e. The van der Waals surface area contributed by atoms with Crippen LogP contribution >= 0.6 is 0 Å². The lowest BCUT2D eigenvalue weighted by atomic mass is 9.73. The quantitative estimate of drug-likeness (QED) is 0.232. The van der Waals surface area contributed by atoms with Gasteiger partial charge in [0.1, 0.15) is 18.1 Å². The molecule has 13 nitrogen and oxygen atoms in total. The summed E-state index contributed by atoms with van der Waals surface area (Å²) in [4.78, 5) is 55.7. The van der Waals surface area contributed by atoms with Crippen LogP contribution in [0, 0.1) is 23.7 Å². The number of aliphatic imine (C=N–C) groups is 1. The maximum Gasteiger partial charge on any atom is 0.410 e. The zero-order chi connectivity index (χ0) is 42.1. The monoisotopic (exact) mass is 804 g/mol. The Balaban J connectivity index is 1.44. The fraction of sp³-hybridized carbons (Fsp3) is 0.667. The van der Waals surface area contributed by atoms with Crippen LogP contribution in [0.5, 0.6) is 0 Å². The summed E-state index contributed by atoms with van der Waals surface area (Å²) < 4.78 is 32.6. The number of hydrogen-bond donors (Lipinski definition) is 1. The number of ether oxygens (including phenoxy) is 5. The fourth-order valence-corrected chi connectivity index (χ4v) is 10.0. The molecule has 13 atom stereocenters.